The second kappa shape index (κ2) is 16.7. The number of aliphatic hydroxyl groups is 3. The smallest absolute Gasteiger partial charge is 0.338 e. The van der Waals surface area contributed by atoms with Gasteiger partial charge >= 0.3 is 23.9 Å². The van der Waals surface area contributed by atoms with Crippen LogP contribution >= 0.6 is 0 Å². The average Bonchev–Trinajstić information content (AvgIpc) is 3.78. The number of furan rings is 1. The van der Waals surface area contributed by atoms with E-state index < -0.39 is 119 Å². The van der Waals surface area contributed by atoms with Gasteiger partial charge in [-0.2, -0.15) is 0 Å². The van der Waals surface area contributed by atoms with Gasteiger partial charge in [0.05, 0.1) is 41.8 Å². The van der Waals surface area contributed by atoms with E-state index in [9.17, 15) is 39.3 Å². The standard InChI is InChI=1S/C48H53NO15/c1-25-31(62-44(57)36(52)35(30-20-13-21-59-30)49-41(54)27-14-8-6-9-15-27)23-48(58)40(63-42(55)28-16-10-7-11-17-28)38-46(5,39(53)37(61-26(2)50)34(25)45(48,3)4)32(51)22-33-47(38,24-60-33)64-43(56)29-18-12-19-29/h6-11,13-17,20-21,29,31-33,35-38,40,51-52,58H,12,18-19,22-24H2,1-5H3,(H,49,54)/t31-,32-,33+,35?,36+,37+,38?,40-,46+,47-,48+/m0/s1. The molecule has 16 nitrogen and oxygen atoms in total. The number of fused-ring (bicyclic) bond motifs is 5. The van der Waals surface area contributed by atoms with Crippen LogP contribution in [0.25, 0.3) is 0 Å². The number of benzene rings is 2. The van der Waals surface area contributed by atoms with Crippen LogP contribution in [0.15, 0.2) is 94.6 Å². The van der Waals surface area contributed by atoms with E-state index in [-0.39, 0.29) is 41.1 Å². The lowest BCUT2D eigenvalue weighted by atomic mass is 9.44. The largest absolute Gasteiger partial charge is 0.467 e. The molecule has 2 bridgehead atoms. The van der Waals surface area contributed by atoms with Gasteiger partial charge in [0.25, 0.3) is 5.91 Å². The number of nitrogens with one attached hydrogen (secondary N) is 1. The zero-order chi connectivity index (χ0) is 45.9. The Morgan fingerprint density at radius 3 is 2.11 bits per heavy atom. The maximum Gasteiger partial charge on any atom is 0.338 e. The fourth-order valence-electron chi connectivity index (χ4n) is 10.6. The molecule has 16 heteroatoms. The molecule has 4 fully saturated rings. The van der Waals surface area contributed by atoms with Crippen molar-refractivity contribution >= 4 is 35.6 Å². The van der Waals surface area contributed by atoms with E-state index in [4.69, 9.17) is 28.1 Å². The Kier molecular flexibility index (Phi) is 11.7. The fourth-order valence-corrected chi connectivity index (χ4v) is 10.6. The van der Waals surface area contributed by atoms with Crippen molar-refractivity contribution in [1.29, 1.82) is 0 Å². The van der Waals surface area contributed by atoms with Gasteiger partial charge in [0, 0.05) is 30.7 Å². The SMILES string of the molecule is CC(=O)O[C@H]1C(=O)[C@@]2(C)C([C@H](OC(=O)c3ccccc3)[C@]3(O)C[C@H](OC(=O)[C@H](O)C(NC(=O)c4ccccc4)c4ccco4)C(C)=C1C3(C)C)[C@]1(OC(=O)C3CCC3)CO[C@@H]1C[C@@H]2O. The number of hydrogen-bond acceptors (Lipinski definition) is 15. The first kappa shape index (κ1) is 44.9. The number of ether oxygens (including phenoxy) is 5. The summed E-state index contributed by atoms with van der Waals surface area (Å²) in [5, 5.41) is 40.3. The molecule has 11 atom stereocenters. The maximum absolute atomic E-state index is 15.6. The third-order valence-corrected chi connectivity index (χ3v) is 14.6. The Morgan fingerprint density at radius 2 is 1.55 bits per heavy atom. The fraction of sp³-hybridized carbons (Fsp3) is 0.500. The van der Waals surface area contributed by atoms with Crippen LogP contribution in [0.1, 0.15) is 99.2 Å². The van der Waals surface area contributed by atoms with Crippen LogP contribution in [0.4, 0.5) is 0 Å². The van der Waals surface area contributed by atoms with Crippen LogP contribution in [-0.4, -0.2) is 105 Å². The minimum Gasteiger partial charge on any atom is -0.467 e. The number of rotatable bonds is 11. The monoisotopic (exact) mass is 883 g/mol. The lowest BCUT2D eigenvalue weighted by Crippen LogP contribution is -2.82. The summed E-state index contributed by atoms with van der Waals surface area (Å²) in [5.41, 5.74) is -7.43. The normalized spacial score (nSPS) is 32.7. The summed E-state index contributed by atoms with van der Waals surface area (Å²) in [6.45, 7) is 6.89. The van der Waals surface area contributed by atoms with Gasteiger partial charge in [-0.05, 0) is 74.2 Å². The van der Waals surface area contributed by atoms with Crippen molar-refractivity contribution in [1.82, 2.24) is 5.32 Å². The van der Waals surface area contributed by atoms with Gasteiger partial charge in [-0.25, -0.2) is 9.59 Å². The molecule has 4 aliphatic carbocycles. The molecule has 1 amide bonds. The Bertz CT molecular complexity index is 2340. The molecule has 2 aromatic carbocycles. The zero-order valence-corrected chi connectivity index (χ0v) is 36.2. The summed E-state index contributed by atoms with van der Waals surface area (Å²) < 4.78 is 36.4. The first-order valence-corrected chi connectivity index (χ1v) is 21.6. The average molecular weight is 884 g/mol. The summed E-state index contributed by atoms with van der Waals surface area (Å²) >= 11 is 0. The van der Waals surface area contributed by atoms with Gasteiger partial charge in [-0.15, -0.1) is 0 Å². The van der Waals surface area contributed by atoms with E-state index in [0.717, 1.165) is 13.3 Å². The lowest BCUT2D eigenvalue weighted by Gasteiger charge is -2.67. The first-order chi connectivity index (χ1) is 30.3. The molecule has 1 aromatic heterocycles. The molecule has 0 radical (unpaired) electrons. The van der Waals surface area contributed by atoms with E-state index in [1.54, 1.807) is 50.2 Å². The molecule has 3 aromatic rings. The van der Waals surface area contributed by atoms with Crippen LogP contribution in [0, 0.1) is 22.7 Å². The number of esters is 4. The molecular weight excluding hydrogens is 831 g/mol. The number of ketones is 1. The van der Waals surface area contributed by atoms with Crippen molar-refractivity contribution in [3.05, 3.63) is 107 Å². The van der Waals surface area contributed by atoms with E-state index in [1.807, 2.05) is 0 Å². The van der Waals surface area contributed by atoms with Gasteiger partial charge in [0.15, 0.2) is 23.6 Å². The number of carbonyl (C=O) groups excluding carboxylic acids is 6. The predicted octanol–water partition coefficient (Wildman–Crippen LogP) is 4.11. The molecule has 1 aliphatic heterocycles. The van der Waals surface area contributed by atoms with E-state index in [0.29, 0.717) is 12.8 Å². The Morgan fingerprint density at radius 1 is 0.891 bits per heavy atom. The molecule has 340 valence electrons. The summed E-state index contributed by atoms with van der Waals surface area (Å²) in [7, 11) is 0. The van der Waals surface area contributed by atoms with Crippen LogP contribution in [0.5, 0.6) is 0 Å². The molecule has 4 N–H and O–H groups in total. The Balaban J connectivity index is 1.27. The third-order valence-electron chi connectivity index (χ3n) is 14.6. The molecule has 0 spiro atoms. The number of aliphatic hydroxyl groups excluding tert-OH is 2. The number of hydrogen-bond donors (Lipinski definition) is 4. The quantitative estimate of drug-likeness (QED) is 0.121. The van der Waals surface area contributed by atoms with Gasteiger partial charge in [-0.3, -0.25) is 19.2 Å². The molecular formula is C48H53NO15. The van der Waals surface area contributed by atoms with Gasteiger partial charge in [-0.1, -0.05) is 56.7 Å². The highest BCUT2D eigenvalue weighted by atomic mass is 16.6. The van der Waals surface area contributed by atoms with Crippen LogP contribution in [-0.2, 0) is 42.9 Å². The number of amides is 1. The van der Waals surface area contributed by atoms with Crippen molar-refractivity contribution < 1.29 is 72.2 Å². The Labute approximate surface area is 369 Å². The zero-order valence-electron chi connectivity index (χ0n) is 36.2. The predicted molar refractivity (Wildman–Crippen MR) is 222 cm³/mol. The molecule has 3 saturated carbocycles. The van der Waals surface area contributed by atoms with E-state index >= 15 is 4.79 Å². The summed E-state index contributed by atoms with van der Waals surface area (Å²) in [6.07, 6.45) is -7.39. The molecule has 5 aliphatic rings. The minimum atomic E-state index is -2.40. The maximum atomic E-state index is 15.6. The topological polar surface area (TPSA) is 234 Å². The lowest BCUT2D eigenvalue weighted by molar-refractivity contribution is -0.347. The second-order valence-corrected chi connectivity index (χ2v) is 18.4. The third kappa shape index (κ3) is 7.24. The van der Waals surface area contributed by atoms with Crippen LogP contribution in [0.3, 0.4) is 0 Å². The van der Waals surface area contributed by atoms with E-state index in [2.05, 4.69) is 5.32 Å². The summed E-state index contributed by atoms with van der Waals surface area (Å²) in [4.78, 5) is 84.7. The highest BCUT2D eigenvalue weighted by molar-refractivity contribution is 5.96. The van der Waals surface area contributed by atoms with Crippen LogP contribution in [0.2, 0.25) is 0 Å². The number of carbonyl (C=O) groups is 6. The second-order valence-electron chi connectivity index (χ2n) is 18.4. The summed E-state index contributed by atoms with van der Waals surface area (Å²) in [6, 6.07) is 17.4. The van der Waals surface area contributed by atoms with Crippen molar-refractivity contribution in [3.63, 3.8) is 0 Å². The highest BCUT2D eigenvalue weighted by Gasteiger charge is 2.78. The molecule has 1 saturated heterocycles. The van der Waals surface area contributed by atoms with Crippen molar-refractivity contribution in [2.75, 3.05) is 6.61 Å². The highest BCUT2D eigenvalue weighted by Crippen LogP contribution is 2.64. The molecule has 2 heterocycles. The van der Waals surface area contributed by atoms with Crippen molar-refractivity contribution in [3.8, 4) is 0 Å². The summed E-state index contributed by atoms with van der Waals surface area (Å²) in [5.74, 6) is -7.14. The van der Waals surface area contributed by atoms with E-state index in [1.165, 1.54) is 56.5 Å². The van der Waals surface area contributed by atoms with Gasteiger partial charge in [0.2, 0.25) is 0 Å². The van der Waals surface area contributed by atoms with Crippen molar-refractivity contribution in [2.45, 2.75) is 121 Å². The van der Waals surface area contributed by atoms with Crippen molar-refractivity contribution in [2.24, 2.45) is 22.7 Å². The number of Topliss-reactive ketones (excluding diaryl/α,β-unsaturated/α-hetero) is 1. The first-order valence-electron chi connectivity index (χ1n) is 21.6. The van der Waals surface area contributed by atoms with Gasteiger partial charge < -0.3 is 48.7 Å². The molecule has 8 rings (SSSR count). The van der Waals surface area contributed by atoms with Gasteiger partial charge in [0.1, 0.15) is 35.7 Å². The van der Waals surface area contributed by atoms with Crippen LogP contribution < -0.4 is 5.32 Å². The minimum absolute atomic E-state index is 0.00571. The molecule has 64 heavy (non-hydrogen) atoms. The Hall–Kier alpha value is -5.68. The molecule has 2 unspecified atom stereocenters.